The summed E-state index contributed by atoms with van der Waals surface area (Å²) < 4.78 is 51.7. The third-order valence-electron chi connectivity index (χ3n) is 8.38. The number of likely N-dealkylation sites (tertiary alicyclic amines) is 1. The molecule has 5 rings (SSSR count). The molecule has 2 amide bonds. The summed E-state index contributed by atoms with van der Waals surface area (Å²) in [5, 5.41) is 12.1. The van der Waals surface area contributed by atoms with E-state index in [1.165, 1.54) is 0 Å². The van der Waals surface area contributed by atoms with E-state index in [9.17, 15) is 27.9 Å². The molecular weight excluding hydrogens is 601 g/mol. The fraction of sp³-hybridized carbons (Fsp3) is 0.441. The van der Waals surface area contributed by atoms with Crippen molar-refractivity contribution in [3.63, 3.8) is 0 Å². The number of amides is 2. The van der Waals surface area contributed by atoms with E-state index in [4.69, 9.17) is 9.47 Å². The Labute approximate surface area is 266 Å². The van der Waals surface area contributed by atoms with E-state index in [0.29, 0.717) is 24.3 Å². The minimum atomic E-state index is -5.02. The van der Waals surface area contributed by atoms with Crippen molar-refractivity contribution in [2.75, 3.05) is 26.7 Å². The highest BCUT2D eigenvalue weighted by Gasteiger charge is 2.47. The molecule has 0 saturated carbocycles. The Bertz CT molecular complexity index is 1440. The van der Waals surface area contributed by atoms with Gasteiger partial charge in [-0.1, -0.05) is 54.6 Å². The van der Waals surface area contributed by atoms with E-state index < -0.39 is 30.3 Å². The topological polar surface area (TPSA) is 104 Å². The molecule has 2 aliphatic rings. The minimum absolute atomic E-state index is 0.0430. The maximum Gasteiger partial charge on any atom is 0.471 e. The quantitative estimate of drug-likeness (QED) is 0.319. The third-order valence-corrected chi connectivity index (χ3v) is 8.38. The van der Waals surface area contributed by atoms with Gasteiger partial charge < -0.3 is 29.7 Å². The van der Waals surface area contributed by atoms with E-state index in [-0.39, 0.29) is 38.3 Å². The lowest BCUT2D eigenvalue weighted by molar-refractivity contribution is -0.252. The van der Waals surface area contributed by atoms with Crippen LogP contribution in [0.4, 0.5) is 13.2 Å². The monoisotopic (exact) mass is 640 g/mol. The number of rotatable bonds is 11. The Morgan fingerprint density at radius 2 is 1.74 bits per heavy atom. The summed E-state index contributed by atoms with van der Waals surface area (Å²) in [6.45, 7) is 1.44. The van der Waals surface area contributed by atoms with Crippen LogP contribution in [0.15, 0.2) is 72.9 Å². The second-order valence-corrected chi connectivity index (χ2v) is 11.8. The highest BCUT2D eigenvalue weighted by Crippen LogP contribution is 2.38. The van der Waals surface area contributed by atoms with Gasteiger partial charge in [0.25, 0.3) is 0 Å². The van der Waals surface area contributed by atoms with Gasteiger partial charge in [-0.25, -0.2) is 0 Å². The zero-order chi connectivity index (χ0) is 32.7. The van der Waals surface area contributed by atoms with Crippen molar-refractivity contribution in [1.82, 2.24) is 20.1 Å². The van der Waals surface area contributed by atoms with Crippen LogP contribution in [0.2, 0.25) is 0 Å². The van der Waals surface area contributed by atoms with Gasteiger partial charge in [-0.3, -0.25) is 14.6 Å². The molecule has 46 heavy (non-hydrogen) atoms. The van der Waals surface area contributed by atoms with Gasteiger partial charge in [0.1, 0.15) is 6.04 Å². The first-order valence-corrected chi connectivity index (χ1v) is 15.4. The smallest absolute Gasteiger partial charge is 0.392 e. The van der Waals surface area contributed by atoms with Crippen LogP contribution in [0.3, 0.4) is 0 Å². The van der Waals surface area contributed by atoms with Gasteiger partial charge >= 0.3 is 12.1 Å². The highest BCUT2D eigenvalue weighted by molar-refractivity contribution is 5.90. The minimum Gasteiger partial charge on any atom is -0.392 e. The predicted molar refractivity (Wildman–Crippen MR) is 163 cm³/mol. The van der Waals surface area contributed by atoms with Crippen molar-refractivity contribution in [3.05, 3.63) is 101 Å². The zero-order valence-corrected chi connectivity index (χ0v) is 25.7. The molecule has 0 aliphatic carbocycles. The first-order chi connectivity index (χ1) is 22.1. The van der Waals surface area contributed by atoms with Crippen molar-refractivity contribution < 1.29 is 37.3 Å². The standard InChI is InChI=1S/C34H39F3N4O5/c1-40(18-15-27-5-2-3-16-38-27)21-28-19-30(25-11-9-24(22-42)10-12-25)46-32(45-28)26-13-7-23(8-14-26)20-39-31(43)29-6-4-17-41(29)33(44)34(35,36)37/h2-3,5,7-14,16,28-30,32,42H,4,6,15,17-22H2,1H3,(H,39,43)/t28-,29-,30+,32+/m0/s1. The number of aliphatic hydroxyl groups is 1. The van der Waals surface area contributed by atoms with Crippen LogP contribution >= 0.6 is 0 Å². The van der Waals surface area contributed by atoms with E-state index in [1.807, 2.05) is 66.7 Å². The fourth-order valence-corrected chi connectivity index (χ4v) is 5.87. The van der Waals surface area contributed by atoms with E-state index in [1.54, 1.807) is 6.20 Å². The molecule has 4 atom stereocenters. The molecule has 0 bridgehead atoms. The van der Waals surface area contributed by atoms with E-state index in [0.717, 1.165) is 40.9 Å². The number of hydrogen-bond acceptors (Lipinski definition) is 7. The summed E-state index contributed by atoms with van der Waals surface area (Å²) in [6.07, 6.45) is -2.29. The van der Waals surface area contributed by atoms with Gasteiger partial charge in [-0.15, -0.1) is 0 Å². The lowest BCUT2D eigenvalue weighted by atomic mass is 9.99. The number of nitrogens with one attached hydrogen (secondary N) is 1. The first-order valence-electron chi connectivity index (χ1n) is 15.4. The van der Waals surface area contributed by atoms with Crippen LogP contribution in [-0.4, -0.2) is 76.7 Å². The summed E-state index contributed by atoms with van der Waals surface area (Å²) in [5.74, 6) is -2.59. The Balaban J connectivity index is 1.22. The molecule has 2 fully saturated rings. The molecule has 2 aromatic carbocycles. The maximum atomic E-state index is 13.0. The zero-order valence-electron chi connectivity index (χ0n) is 25.7. The predicted octanol–water partition coefficient (Wildman–Crippen LogP) is 4.46. The summed E-state index contributed by atoms with van der Waals surface area (Å²) in [4.78, 5) is 31.7. The normalized spacial score (nSPS) is 21.8. The van der Waals surface area contributed by atoms with Crippen LogP contribution in [0.1, 0.15) is 59.6 Å². The summed E-state index contributed by atoms with van der Waals surface area (Å²) in [6, 6.07) is 19.7. The van der Waals surface area contributed by atoms with Crippen LogP contribution in [0.5, 0.6) is 0 Å². The molecule has 2 aliphatic heterocycles. The first kappa shape index (κ1) is 33.5. The second-order valence-electron chi connectivity index (χ2n) is 11.8. The maximum absolute atomic E-state index is 13.0. The van der Waals surface area contributed by atoms with E-state index in [2.05, 4.69) is 22.2 Å². The number of aromatic nitrogens is 1. The van der Waals surface area contributed by atoms with Crippen LogP contribution in [0, 0.1) is 0 Å². The molecule has 2 N–H and O–H groups in total. The number of carbonyl (C=O) groups excluding carboxylic acids is 2. The van der Waals surface area contributed by atoms with Gasteiger partial charge in [0.15, 0.2) is 6.29 Å². The SMILES string of the molecule is CN(CCc1ccccn1)C[C@@H]1C[C@H](c2ccc(CO)cc2)O[C@H](c2ccc(CNC(=O)[C@@H]3CCCN3C(=O)C(F)(F)F)cc2)O1. The van der Waals surface area contributed by atoms with Crippen molar-refractivity contribution in [2.24, 2.45) is 0 Å². The molecule has 3 aromatic rings. The number of alkyl halides is 3. The lowest BCUT2D eigenvalue weighted by Crippen LogP contribution is -2.50. The van der Waals surface area contributed by atoms with Crippen molar-refractivity contribution in [3.8, 4) is 0 Å². The number of carbonyl (C=O) groups is 2. The van der Waals surface area contributed by atoms with Crippen molar-refractivity contribution in [1.29, 1.82) is 0 Å². The van der Waals surface area contributed by atoms with Gasteiger partial charge in [0.05, 0.1) is 18.8 Å². The van der Waals surface area contributed by atoms with Gasteiger partial charge in [-0.2, -0.15) is 13.2 Å². The highest BCUT2D eigenvalue weighted by atomic mass is 19.4. The Kier molecular flexibility index (Phi) is 11.1. The molecule has 12 heteroatoms. The molecule has 0 radical (unpaired) electrons. The molecular formula is C34H39F3N4O5. The molecule has 1 aromatic heterocycles. The molecule has 2 saturated heterocycles. The van der Waals surface area contributed by atoms with Crippen LogP contribution < -0.4 is 5.32 Å². The number of ether oxygens (including phenoxy) is 2. The van der Waals surface area contributed by atoms with Crippen molar-refractivity contribution >= 4 is 11.8 Å². The largest absolute Gasteiger partial charge is 0.471 e. The third kappa shape index (κ3) is 8.69. The molecule has 246 valence electrons. The van der Waals surface area contributed by atoms with Crippen molar-refractivity contribution in [2.45, 2.75) is 69.6 Å². The van der Waals surface area contributed by atoms with Gasteiger partial charge in [0.2, 0.25) is 5.91 Å². The van der Waals surface area contributed by atoms with Gasteiger partial charge in [0, 0.05) is 56.5 Å². The summed E-state index contributed by atoms with van der Waals surface area (Å²) in [7, 11) is 2.05. The number of aliphatic hydroxyl groups excluding tert-OH is 1. The molecule has 3 heterocycles. The number of nitrogens with zero attached hydrogens (tertiary/aromatic N) is 3. The average molecular weight is 641 g/mol. The van der Waals surface area contributed by atoms with E-state index >= 15 is 0 Å². The summed E-state index contributed by atoms with van der Waals surface area (Å²) >= 11 is 0. The average Bonchev–Trinajstić information content (AvgIpc) is 3.56. The Morgan fingerprint density at radius 1 is 1.02 bits per heavy atom. The second kappa shape index (κ2) is 15.2. The van der Waals surface area contributed by atoms with Gasteiger partial charge in [-0.05, 0) is 48.7 Å². The molecule has 0 spiro atoms. The summed E-state index contributed by atoms with van der Waals surface area (Å²) in [5.41, 5.74) is 4.34. The molecule has 9 nitrogen and oxygen atoms in total. The fourth-order valence-electron chi connectivity index (χ4n) is 5.87. The van der Waals surface area contributed by atoms with Crippen LogP contribution in [-0.2, 0) is 38.6 Å². The lowest BCUT2D eigenvalue weighted by Gasteiger charge is -2.38. The number of halogens is 3. The Hall–Kier alpha value is -3.84. The Morgan fingerprint density at radius 3 is 2.41 bits per heavy atom. The molecule has 0 unspecified atom stereocenters. The number of likely N-dealkylation sites (N-methyl/N-ethyl adjacent to an activating group) is 1. The van der Waals surface area contributed by atoms with Crippen LogP contribution in [0.25, 0.3) is 0 Å². The number of benzene rings is 2. The number of hydrogen-bond donors (Lipinski definition) is 2. The number of pyridine rings is 1.